The number of carbonyl (C=O) groups is 2. The quantitative estimate of drug-likeness (QED) is 0.587. The largest absolute Gasteiger partial charge is 0.481 e. The summed E-state index contributed by atoms with van der Waals surface area (Å²) in [4.78, 5) is 25.2. The highest BCUT2D eigenvalue weighted by Crippen LogP contribution is 2.01. The number of nitrogens with zero attached hydrogens (tertiary/aromatic N) is 1. The van der Waals surface area contributed by atoms with Crippen LogP contribution in [0.3, 0.4) is 0 Å². The molecule has 0 unspecified atom stereocenters. The molecule has 9 heteroatoms. The monoisotopic (exact) mass is 302 g/mol. The van der Waals surface area contributed by atoms with Gasteiger partial charge in [0.05, 0.1) is 12.2 Å². The Kier molecular flexibility index (Phi) is 5.59. The third kappa shape index (κ3) is 5.76. The lowest BCUT2D eigenvalue weighted by molar-refractivity contribution is -0.145. The van der Waals surface area contributed by atoms with Gasteiger partial charge in [0.15, 0.2) is 0 Å². The molecule has 0 aromatic carbocycles. The maximum atomic E-state index is 11.7. The Hall–Kier alpha value is -2.00. The maximum Gasteiger partial charge on any atom is 0.322 e. The van der Waals surface area contributed by atoms with Crippen molar-refractivity contribution in [3.8, 4) is 0 Å². The second-order valence-corrected chi connectivity index (χ2v) is 5.87. The number of aromatic nitrogens is 1. The van der Waals surface area contributed by atoms with E-state index in [0.717, 1.165) is 0 Å². The van der Waals surface area contributed by atoms with Crippen molar-refractivity contribution >= 4 is 22.0 Å². The summed E-state index contributed by atoms with van der Waals surface area (Å²) in [5.41, 5.74) is 0.544. The Bertz CT molecular complexity index is 572. The van der Waals surface area contributed by atoms with Crippen LogP contribution in [0.15, 0.2) is 24.4 Å². The molecule has 1 heterocycles. The van der Waals surface area contributed by atoms with Crippen molar-refractivity contribution in [3.63, 3.8) is 0 Å². The molecule has 20 heavy (non-hydrogen) atoms. The first kappa shape index (κ1) is 16.1. The number of aryl methyl sites for hydroxylation is 1. The molecule has 0 aliphatic heterocycles. The average Bonchev–Trinajstić information content (AvgIpc) is 2.36. The van der Waals surface area contributed by atoms with Crippen molar-refractivity contribution < 1.29 is 28.2 Å². The van der Waals surface area contributed by atoms with Crippen LogP contribution in [0.2, 0.25) is 0 Å². The van der Waals surface area contributed by atoms with Crippen LogP contribution in [0.5, 0.6) is 0 Å². The van der Waals surface area contributed by atoms with E-state index in [4.69, 9.17) is 10.2 Å². The van der Waals surface area contributed by atoms with Crippen LogP contribution in [0.1, 0.15) is 12.1 Å². The normalized spacial score (nSPS) is 12.8. The molecule has 0 saturated heterocycles. The smallest absolute Gasteiger partial charge is 0.322 e. The zero-order chi connectivity index (χ0) is 15.2. The molecule has 0 spiro atoms. The molecule has 0 aliphatic carbocycles. The zero-order valence-corrected chi connectivity index (χ0v) is 11.2. The molecule has 0 fully saturated rings. The van der Waals surface area contributed by atoms with Crippen LogP contribution in [0.25, 0.3) is 0 Å². The van der Waals surface area contributed by atoms with Crippen molar-refractivity contribution in [1.82, 2.24) is 9.71 Å². The third-order valence-corrected chi connectivity index (χ3v) is 3.74. The first-order valence-electron chi connectivity index (χ1n) is 5.64. The number of nitrogens with one attached hydrogen (secondary N) is 1. The predicted octanol–water partition coefficient (Wildman–Crippen LogP) is -0.529. The predicted molar refractivity (Wildman–Crippen MR) is 68.5 cm³/mol. The summed E-state index contributed by atoms with van der Waals surface area (Å²) in [6.07, 6.45) is 0.799. The van der Waals surface area contributed by atoms with Crippen LogP contribution < -0.4 is 4.72 Å². The number of rotatable bonds is 8. The van der Waals surface area contributed by atoms with Gasteiger partial charge in [0, 0.05) is 18.3 Å². The number of carboxylic acid groups (broad SMARTS) is 2. The van der Waals surface area contributed by atoms with Gasteiger partial charge in [-0.05, 0) is 12.1 Å². The summed E-state index contributed by atoms with van der Waals surface area (Å²) >= 11 is 0. The first-order valence-corrected chi connectivity index (χ1v) is 7.30. The highest BCUT2D eigenvalue weighted by atomic mass is 32.2. The number of pyridine rings is 1. The van der Waals surface area contributed by atoms with Gasteiger partial charge in [0.1, 0.15) is 6.04 Å². The van der Waals surface area contributed by atoms with E-state index in [2.05, 4.69) is 4.98 Å². The number of sulfonamides is 1. The van der Waals surface area contributed by atoms with Gasteiger partial charge in [-0.15, -0.1) is 0 Å². The van der Waals surface area contributed by atoms with Crippen molar-refractivity contribution in [2.45, 2.75) is 18.9 Å². The van der Waals surface area contributed by atoms with Gasteiger partial charge in [-0.1, -0.05) is 6.07 Å². The molecule has 0 bridgehead atoms. The Morgan fingerprint density at radius 1 is 1.30 bits per heavy atom. The Labute approximate surface area is 115 Å². The highest BCUT2D eigenvalue weighted by molar-refractivity contribution is 7.89. The molecular formula is C11H14N2O6S. The van der Waals surface area contributed by atoms with Gasteiger partial charge >= 0.3 is 11.9 Å². The van der Waals surface area contributed by atoms with Gasteiger partial charge < -0.3 is 10.2 Å². The molecule has 1 atom stereocenters. The first-order chi connectivity index (χ1) is 9.30. The number of hydrogen-bond donors (Lipinski definition) is 3. The molecule has 1 rings (SSSR count). The minimum absolute atomic E-state index is 0.107. The van der Waals surface area contributed by atoms with Gasteiger partial charge in [-0.2, -0.15) is 0 Å². The lowest BCUT2D eigenvalue weighted by atomic mass is 10.2. The molecular weight excluding hydrogens is 288 g/mol. The Morgan fingerprint density at radius 2 is 2.00 bits per heavy atom. The van der Waals surface area contributed by atoms with E-state index < -0.39 is 34.4 Å². The maximum absolute atomic E-state index is 11.7. The van der Waals surface area contributed by atoms with Gasteiger partial charge in [-0.25, -0.2) is 13.1 Å². The lowest BCUT2D eigenvalue weighted by Gasteiger charge is -2.12. The van der Waals surface area contributed by atoms with Crippen LogP contribution in [0, 0.1) is 0 Å². The molecule has 0 amide bonds. The molecule has 1 aromatic heterocycles. The highest BCUT2D eigenvalue weighted by Gasteiger charge is 2.26. The second kappa shape index (κ2) is 6.96. The summed E-state index contributed by atoms with van der Waals surface area (Å²) in [5.74, 6) is -3.30. The minimum atomic E-state index is -3.90. The standard InChI is InChI=1S/C11H14N2O6S/c14-10(15)7-9(11(16)17)13-20(18,19)6-4-8-3-1-2-5-12-8/h1-3,5,9,13H,4,6-7H2,(H,14,15)(H,16,17)/t9-/m1/s1. The summed E-state index contributed by atoms with van der Waals surface area (Å²) in [6, 6.07) is 3.35. The van der Waals surface area contributed by atoms with Gasteiger partial charge in [0.25, 0.3) is 0 Å². The van der Waals surface area contributed by atoms with Gasteiger partial charge in [-0.3, -0.25) is 14.6 Å². The topological polar surface area (TPSA) is 134 Å². The van der Waals surface area contributed by atoms with Crippen LogP contribution in [-0.2, 0) is 26.0 Å². The fraction of sp³-hybridized carbons (Fsp3) is 0.364. The summed E-state index contributed by atoms with van der Waals surface area (Å²) < 4.78 is 25.3. The van der Waals surface area contributed by atoms with Gasteiger partial charge in [0.2, 0.25) is 10.0 Å². The molecule has 110 valence electrons. The fourth-order valence-electron chi connectivity index (χ4n) is 1.41. The van der Waals surface area contributed by atoms with Crippen LogP contribution >= 0.6 is 0 Å². The number of carboxylic acids is 2. The van der Waals surface area contributed by atoms with E-state index in [9.17, 15) is 18.0 Å². The van der Waals surface area contributed by atoms with Crippen LogP contribution in [-0.4, -0.2) is 47.3 Å². The van der Waals surface area contributed by atoms with Crippen molar-refractivity contribution in [2.24, 2.45) is 0 Å². The van der Waals surface area contributed by atoms with Crippen molar-refractivity contribution in [2.75, 3.05) is 5.75 Å². The van der Waals surface area contributed by atoms with Crippen LogP contribution in [0.4, 0.5) is 0 Å². The zero-order valence-electron chi connectivity index (χ0n) is 10.4. The lowest BCUT2D eigenvalue weighted by Crippen LogP contribution is -2.43. The molecule has 0 aliphatic rings. The number of aliphatic carboxylic acids is 2. The Morgan fingerprint density at radius 3 is 2.50 bits per heavy atom. The third-order valence-electron chi connectivity index (χ3n) is 2.35. The Balaban J connectivity index is 2.63. The summed E-state index contributed by atoms with van der Waals surface area (Å²) in [6.45, 7) is 0. The average molecular weight is 302 g/mol. The van der Waals surface area contributed by atoms with E-state index in [1.165, 1.54) is 6.20 Å². The van der Waals surface area contributed by atoms with E-state index >= 15 is 0 Å². The summed E-state index contributed by atoms with van der Waals surface area (Å²) in [5, 5.41) is 17.3. The molecule has 1 aromatic rings. The number of hydrogen-bond acceptors (Lipinski definition) is 5. The second-order valence-electron chi connectivity index (χ2n) is 4.00. The minimum Gasteiger partial charge on any atom is -0.481 e. The van der Waals surface area contributed by atoms with E-state index in [1.54, 1.807) is 18.2 Å². The van der Waals surface area contributed by atoms with E-state index in [1.807, 2.05) is 4.72 Å². The molecule has 0 saturated carbocycles. The van der Waals surface area contributed by atoms with Crippen molar-refractivity contribution in [3.05, 3.63) is 30.1 Å². The van der Waals surface area contributed by atoms with Crippen molar-refractivity contribution in [1.29, 1.82) is 0 Å². The molecule has 0 radical (unpaired) electrons. The summed E-state index contributed by atoms with van der Waals surface area (Å²) in [7, 11) is -3.90. The molecule has 8 nitrogen and oxygen atoms in total. The molecule has 3 N–H and O–H groups in total. The van der Waals surface area contributed by atoms with E-state index in [0.29, 0.717) is 5.69 Å². The fourth-order valence-corrected chi connectivity index (χ4v) is 2.63. The van der Waals surface area contributed by atoms with E-state index in [-0.39, 0.29) is 12.2 Å². The SMILES string of the molecule is O=C(O)C[C@@H](NS(=O)(=O)CCc1ccccn1)C(=O)O.